The Labute approximate surface area is 102 Å². The van der Waals surface area contributed by atoms with E-state index < -0.39 is 11.9 Å². The van der Waals surface area contributed by atoms with Crippen LogP contribution in [0.25, 0.3) is 0 Å². The van der Waals surface area contributed by atoms with Crippen LogP contribution < -0.4 is 0 Å². The first kappa shape index (κ1) is 11.6. The lowest BCUT2D eigenvalue weighted by atomic mass is 10.1. The van der Waals surface area contributed by atoms with Gasteiger partial charge in [-0.15, -0.1) is 11.3 Å². The lowest BCUT2D eigenvalue weighted by molar-refractivity contribution is 0.179. The Morgan fingerprint density at radius 3 is 2.81 bits per heavy atom. The zero-order chi connectivity index (χ0) is 11.5. The average Bonchev–Trinajstić information content (AvgIpc) is 2.70. The van der Waals surface area contributed by atoms with Crippen LogP contribution in [0.5, 0.6) is 0 Å². The molecule has 2 rings (SSSR count). The van der Waals surface area contributed by atoms with Gasteiger partial charge >= 0.3 is 0 Å². The molecule has 0 saturated carbocycles. The summed E-state index contributed by atoms with van der Waals surface area (Å²) >= 11 is 7.45. The van der Waals surface area contributed by atoms with Crippen molar-refractivity contribution >= 4 is 22.9 Å². The second-order valence-corrected chi connectivity index (χ2v) is 4.90. The molecule has 0 fully saturated rings. The number of hydrogen-bond acceptors (Lipinski definition) is 2. The van der Waals surface area contributed by atoms with Crippen molar-refractivity contribution in [3.63, 3.8) is 0 Å². The van der Waals surface area contributed by atoms with Crippen LogP contribution in [0.3, 0.4) is 0 Å². The van der Waals surface area contributed by atoms with E-state index in [2.05, 4.69) is 0 Å². The number of rotatable bonds is 3. The van der Waals surface area contributed by atoms with Crippen LogP contribution in [0.15, 0.2) is 35.7 Å². The molecular weight excluding hydrogens is 247 g/mol. The molecule has 0 bridgehead atoms. The first-order valence-electron chi connectivity index (χ1n) is 4.82. The van der Waals surface area contributed by atoms with Crippen molar-refractivity contribution in [2.45, 2.75) is 12.5 Å². The Bertz CT molecular complexity index is 470. The minimum Gasteiger partial charge on any atom is -0.388 e. The summed E-state index contributed by atoms with van der Waals surface area (Å²) in [6.45, 7) is 0. The van der Waals surface area contributed by atoms with Crippen molar-refractivity contribution in [1.82, 2.24) is 0 Å². The Morgan fingerprint density at radius 2 is 2.19 bits per heavy atom. The van der Waals surface area contributed by atoms with E-state index in [1.807, 2.05) is 17.5 Å². The quantitative estimate of drug-likeness (QED) is 0.885. The van der Waals surface area contributed by atoms with Gasteiger partial charge in [-0.25, -0.2) is 4.39 Å². The first-order chi connectivity index (χ1) is 7.66. The summed E-state index contributed by atoms with van der Waals surface area (Å²) in [5, 5.41) is 12.2. The highest BCUT2D eigenvalue weighted by Gasteiger charge is 2.13. The van der Waals surface area contributed by atoms with Crippen molar-refractivity contribution in [2.24, 2.45) is 0 Å². The lowest BCUT2D eigenvalue weighted by Gasteiger charge is -2.11. The molecule has 1 unspecified atom stereocenters. The predicted octanol–water partition coefficient (Wildman–Crippen LogP) is 3.82. The summed E-state index contributed by atoms with van der Waals surface area (Å²) in [5.74, 6) is -0.392. The molecule has 1 aromatic carbocycles. The fourth-order valence-corrected chi connectivity index (χ4v) is 2.54. The standard InChI is InChI=1S/C12H10ClFOS/c13-11-6-8(14)3-4-10(11)12(15)7-9-2-1-5-16-9/h1-6,12,15H,7H2. The van der Waals surface area contributed by atoms with Gasteiger partial charge in [0.15, 0.2) is 0 Å². The fraction of sp³-hybridized carbons (Fsp3) is 0.167. The van der Waals surface area contributed by atoms with Gasteiger partial charge in [0.1, 0.15) is 5.82 Å². The van der Waals surface area contributed by atoms with E-state index in [1.165, 1.54) is 18.2 Å². The minimum atomic E-state index is -0.688. The van der Waals surface area contributed by atoms with E-state index in [0.717, 1.165) is 4.88 Å². The van der Waals surface area contributed by atoms with E-state index in [1.54, 1.807) is 11.3 Å². The molecule has 16 heavy (non-hydrogen) atoms. The minimum absolute atomic E-state index is 0.268. The van der Waals surface area contributed by atoms with Crippen LogP contribution in [-0.2, 0) is 6.42 Å². The first-order valence-corrected chi connectivity index (χ1v) is 6.08. The molecular formula is C12H10ClFOS. The summed E-state index contributed by atoms with van der Waals surface area (Å²) in [4.78, 5) is 1.08. The third-order valence-corrected chi connectivity index (χ3v) is 3.52. The highest BCUT2D eigenvalue weighted by Crippen LogP contribution is 2.27. The largest absolute Gasteiger partial charge is 0.388 e. The third kappa shape index (κ3) is 2.61. The molecule has 1 atom stereocenters. The van der Waals surface area contributed by atoms with E-state index in [-0.39, 0.29) is 5.02 Å². The molecule has 1 nitrogen and oxygen atoms in total. The fourth-order valence-electron chi connectivity index (χ4n) is 1.50. The topological polar surface area (TPSA) is 20.2 Å². The van der Waals surface area contributed by atoms with Gasteiger partial charge in [0.05, 0.1) is 6.10 Å². The van der Waals surface area contributed by atoms with Crippen LogP contribution in [0, 0.1) is 5.82 Å². The van der Waals surface area contributed by atoms with Crippen molar-refractivity contribution in [3.05, 3.63) is 57.0 Å². The van der Waals surface area contributed by atoms with Gasteiger partial charge in [0, 0.05) is 16.3 Å². The molecule has 0 radical (unpaired) electrons. The summed E-state index contributed by atoms with van der Waals surface area (Å²) in [6, 6.07) is 7.92. The van der Waals surface area contributed by atoms with Gasteiger partial charge in [-0.2, -0.15) is 0 Å². The van der Waals surface area contributed by atoms with Gasteiger partial charge < -0.3 is 5.11 Å². The third-order valence-electron chi connectivity index (χ3n) is 2.30. The maximum Gasteiger partial charge on any atom is 0.124 e. The van der Waals surface area contributed by atoms with Gasteiger partial charge in [-0.05, 0) is 29.1 Å². The molecule has 0 aliphatic heterocycles. The van der Waals surface area contributed by atoms with Gasteiger partial charge in [-0.3, -0.25) is 0 Å². The zero-order valence-corrected chi connectivity index (χ0v) is 9.93. The number of aliphatic hydroxyl groups is 1. The van der Waals surface area contributed by atoms with E-state index in [4.69, 9.17) is 11.6 Å². The molecule has 0 spiro atoms. The maximum absolute atomic E-state index is 12.8. The van der Waals surface area contributed by atoms with E-state index >= 15 is 0 Å². The van der Waals surface area contributed by atoms with Crippen LogP contribution in [0.2, 0.25) is 5.02 Å². The Morgan fingerprint density at radius 1 is 1.38 bits per heavy atom. The molecule has 1 aromatic heterocycles. The van der Waals surface area contributed by atoms with Gasteiger partial charge in [0.2, 0.25) is 0 Å². The molecule has 84 valence electrons. The number of halogens is 2. The van der Waals surface area contributed by atoms with Crippen molar-refractivity contribution < 1.29 is 9.50 Å². The van der Waals surface area contributed by atoms with Crippen LogP contribution in [0.4, 0.5) is 4.39 Å². The molecule has 1 heterocycles. The highest BCUT2D eigenvalue weighted by molar-refractivity contribution is 7.09. The highest BCUT2D eigenvalue weighted by atomic mass is 35.5. The molecule has 4 heteroatoms. The summed E-state index contributed by atoms with van der Waals surface area (Å²) in [5.41, 5.74) is 0.566. The van der Waals surface area contributed by atoms with E-state index in [9.17, 15) is 9.50 Å². The maximum atomic E-state index is 12.8. The SMILES string of the molecule is OC(Cc1cccs1)c1ccc(F)cc1Cl. The smallest absolute Gasteiger partial charge is 0.124 e. The lowest BCUT2D eigenvalue weighted by Crippen LogP contribution is -2.01. The summed E-state index contributed by atoms with van der Waals surface area (Å²) in [6.07, 6.45) is -0.185. The molecule has 0 amide bonds. The average molecular weight is 257 g/mol. The van der Waals surface area contributed by atoms with Crippen molar-refractivity contribution in [3.8, 4) is 0 Å². The number of thiophene rings is 1. The van der Waals surface area contributed by atoms with Crippen LogP contribution in [-0.4, -0.2) is 5.11 Å². The monoisotopic (exact) mass is 256 g/mol. The Hall–Kier alpha value is -0.900. The Kier molecular flexibility index (Phi) is 3.59. The predicted molar refractivity (Wildman–Crippen MR) is 64.4 cm³/mol. The molecule has 0 saturated heterocycles. The molecule has 1 N–H and O–H groups in total. The zero-order valence-electron chi connectivity index (χ0n) is 8.36. The molecule has 2 aromatic rings. The Balaban J connectivity index is 2.17. The normalized spacial score (nSPS) is 12.7. The van der Waals surface area contributed by atoms with Gasteiger partial charge in [-0.1, -0.05) is 23.7 Å². The van der Waals surface area contributed by atoms with E-state index in [0.29, 0.717) is 12.0 Å². The number of hydrogen-bond donors (Lipinski definition) is 1. The van der Waals surface area contributed by atoms with Crippen molar-refractivity contribution in [2.75, 3.05) is 0 Å². The number of aliphatic hydroxyl groups excluding tert-OH is 1. The second-order valence-electron chi connectivity index (χ2n) is 3.47. The number of benzene rings is 1. The second kappa shape index (κ2) is 4.95. The van der Waals surface area contributed by atoms with Crippen molar-refractivity contribution in [1.29, 1.82) is 0 Å². The molecule has 0 aliphatic rings. The van der Waals surface area contributed by atoms with Gasteiger partial charge in [0.25, 0.3) is 0 Å². The van der Waals surface area contributed by atoms with Crippen LogP contribution in [0.1, 0.15) is 16.5 Å². The molecule has 0 aliphatic carbocycles. The summed E-state index contributed by atoms with van der Waals surface area (Å²) < 4.78 is 12.8. The summed E-state index contributed by atoms with van der Waals surface area (Å²) in [7, 11) is 0. The van der Waals surface area contributed by atoms with Crippen LogP contribution >= 0.6 is 22.9 Å².